The Morgan fingerprint density at radius 3 is 1.72 bits per heavy atom. The average Bonchev–Trinajstić information content (AvgIpc) is 3.75. The first-order valence-electron chi connectivity index (χ1n) is 15.3. The summed E-state index contributed by atoms with van der Waals surface area (Å²) in [5.41, 5.74) is 11.3. The Kier molecular flexibility index (Phi) is 4.83. The first kappa shape index (κ1) is 24.8. The normalized spacial score (nSPS) is 11.9. The molecule has 0 saturated carbocycles. The molecule has 210 valence electrons. The number of hydrogen-bond donors (Lipinski definition) is 0. The number of nitrogens with zero attached hydrogens (tertiary/aromatic N) is 4. The fourth-order valence-electron chi connectivity index (χ4n) is 7.92. The van der Waals surface area contributed by atoms with E-state index in [0.29, 0.717) is 16.9 Å². The lowest BCUT2D eigenvalue weighted by molar-refractivity contribution is 1.12. The molecule has 0 radical (unpaired) electrons. The van der Waals surface area contributed by atoms with Crippen LogP contribution in [0.25, 0.3) is 92.9 Å². The highest BCUT2D eigenvalue weighted by molar-refractivity contribution is 6.27. The van der Waals surface area contributed by atoms with Crippen molar-refractivity contribution in [2.24, 2.45) is 0 Å². The molecule has 0 unspecified atom stereocenters. The fraction of sp³-hybridized carbons (Fsp3) is 0. The minimum atomic E-state index is 0.440. The van der Waals surface area contributed by atoms with E-state index in [1.807, 2.05) is 36.4 Å². The van der Waals surface area contributed by atoms with Gasteiger partial charge in [0, 0.05) is 26.9 Å². The van der Waals surface area contributed by atoms with Crippen molar-refractivity contribution in [1.29, 1.82) is 5.26 Å². The Bertz CT molecular complexity index is 2830. The van der Waals surface area contributed by atoms with Gasteiger partial charge in [0.1, 0.15) is 6.07 Å². The minimum absolute atomic E-state index is 0.440. The Balaban J connectivity index is 1.39. The lowest BCUT2D eigenvalue weighted by Gasteiger charge is -2.18. The van der Waals surface area contributed by atoms with E-state index in [2.05, 4.69) is 117 Å². The summed E-state index contributed by atoms with van der Waals surface area (Å²) in [5, 5.41) is 17.9. The van der Waals surface area contributed by atoms with Crippen LogP contribution in [0, 0.1) is 17.9 Å². The molecule has 46 heavy (non-hydrogen) atoms. The summed E-state index contributed by atoms with van der Waals surface area (Å²) in [4.78, 5) is 3.97. The maximum absolute atomic E-state index is 11.1. The van der Waals surface area contributed by atoms with Crippen LogP contribution in [0.15, 0.2) is 133 Å². The molecule has 0 bridgehead atoms. The van der Waals surface area contributed by atoms with Crippen LogP contribution in [0.4, 0.5) is 5.69 Å². The largest absolute Gasteiger partial charge is 0.318 e. The maximum atomic E-state index is 11.1. The summed E-state index contributed by atoms with van der Waals surface area (Å²) in [6.07, 6.45) is 0. The van der Waals surface area contributed by atoms with Crippen molar-refractivity contribution < 1.29 is 0 Å². The summed E-state index contributed by atoms with van der Waals surface area (Å²) >= 11 is 0. The predicted molar refractivity (Wildman–Crippen MR) is 188 cm³/mol. The van der Waals surface area contributed by atoms with Gasteiger partial charge >= 0.3 is 0 Å². The summed E-state index contributed by atoms with van der Waals surface area (Å²) < 4.78 is 4.35. The Hall–Kier alpha value is -6.62. The van der Waals surface area contributed by atoms with E-state index in [0.717, 1.165) is 54.7 Å². The van der Waals surface area contributed by atoms with Crippen LogP contribution in [0.1, 0.15) is 5.56 Å². The highest BCUT2D eigenvalue weighted by Crippen LogP contribution is 2.51. The number of benzene rings is 7. The van der Waals surface area contributed by atoms with Crippen LogP contribution in [0.3, 0.4) is 0 Å². The molecule has 0 N–H and O–H groups in total. The molecule has 0 saturated heterocycles. The van der Waals surface area contributed by atoms with Crippen molar-refractivity contribution in [2.45, 2.75) is 0 Å². The fourth-order valence-corrected chi connectivity index (χ4v) is 7.92. The molecule has 0 fully saturated rings. The molecule has 0 aliphatic heterocycles. The summed E-state index contributed by atoms with van der Waals surface area (Å²) in [6, 6.07) is 48.8. The van der Waals surface area contributed by atoms with E-state index in [1.54, 1.807) is 0 Å². The molecule has 2 aromatic heterocycles. The highest BCUT2D eigenvalue weighted by atomic mass is 15.0. The monoisotopic (exact) mass is 582 g/mol. The lowest BCUT2D eigenvalue weighted by atomic mass is 9.99. The third-order valence-corrected chi connectivity index (χ3v) is 9.71. The van der Waals surface area contributed by atoms with Gasteiger partial charge in [0.05, 0.1) is 45.6 Å². The molecule has 0 atom stereocenters. The Morgan fingerprint density at radius 1 is 0.522 bits per heavy atom. The molecule has 4 nitrogen and oxygen atoms in total. The first-order valence-corrected chi connectivity index (χ1v) is 15.3. The minimum Gasteiger partial charge on any atom is -0.318 e. The standard InChI is InChI=1S/C42H22N4/c1-44-35-21-22-39(34(24-43)42(35)46-36-18-7-4-13-27(36)28-14-5-8-19-37(28)46)45-38-20-9-6-15-29(38)33-23-32-26-12-3-2-11-25(26)30-16-10-17-31(40(30)32)41(33)45/h2-23H. The summed E-state index contributed by atoms with van der Waals surface area (Å²) in [5.74, 6) is 0. The van der Waals surface area contributed by atoms with Gasteiger partial charge in [-0.15, -0.1) is 0 Å². The number of rotatable bonds is 2. The number of nitriles is 1. The zero-order chi connectivity index (χ0) is 30.5. The molecule has 1 aliphatic rings. The molecule has 4 heteroatoms. The molecule has 1 aliphatic carbocycles. The third kappa shape index (κ3) is 3.00. The van der Waals surface area contributed by atoms with Gasteiger partial charge in [-0.3, -0.25) is 0 Å². The second-order valence-electron chi connectivity index (χ2n) is 11.9. The molecule has 7 aromatic carbocycles. The smallest absolute Gasteiger partial charge is 0.212 e. The number of hydrogen-bond acceptors (Lipinski definition) is 1. The zero-order valence-corrected chi connectivity index (χ0v) is 24.5. The molecule has 9 aromatic rings. The van der Waals surface area contributed by atoms with Gasteiger partial charge in [-0.1, -0.05) is 103 Å². The second kappa shape index (κ2) is 8.96. The van der Waals surface area contributed by atoms with Crippen molar-refractivity contribution in [3.8, 4) is 39.7 Å². The van der Waals surface area contributed by atoms with E-state index in [9.17, 15) is 5.26 Å². The molecule has 10 rings (SSSR count). The Morgan fingerprint density at radius 2 is 1.07 bits per heavy atom. The van der Waals surface area contributed by atoms with Gasteiger partial charge in [-0.05, 0) is 58.0 Å². The lowest BCUT2D eigenvalue weighted by Crippen LogP contribution is -2.04. The quantitative estimate of drug-likeness (QED) is 0.187. The van der Waals surface area contributed by atoms with Gasteiger partial charge in [-0.25, -0.2) is 4.85 Å². The van der Waals surface area contributed by atoms with E-state index >= 15 is 0 Å². The maximum Gasteiger partial charge on any atom is 0.212 e. The van der Waals surface area contributed by atoms with Crippen molar-refractivity contribution in [3.05, 3.63) is 150 Å². The van der Waals surface area contributed by atoms with Crippen LogP contribution in [-0.4, -0.2) is 9.13 Å². The molecular formula is C42H22N4. The van der Waals surface area contributed by atoms with Gasteiger partial charge < -0.3 is 9.13 Å². The van der Waals surface area contributed by atoms with Crippen LogP contribution in [-0.2, 0) is 0 Å². The van der Waals surface area contributed by atoms with Crippen LogP contribution in [0.2, 0.25) is 0 Å². The molecule has 2 heterocycles. The van der Waals surface area contributed by atoms with Gasteiger partial charge in [0.25, 0.3) is 0 Å². The Labute approximate surface area is 264 Å². The van der Waals surface area contributed by atoms with Crippen LogP contribution < -0.4 is 0 Å². The van der Waals surface area contributed by atoms with Crippen LogP contribution in [0.5, 0.6) is 0 Å². The average molecular weight is 583 g/mol. The topological polar surface area (TPSA) is 38.0 Å². The van der Waals surface area contributed by atoms with Crippen molar-refractivity contribution in [2.75, 3.05) is 0 Å². The highest BCUT2D eigenvalue weighted by Gasteiger charge is 2.27. The van der Waals surface area contributed by atoms with Crippen molar-refractivity contribution >= 4 is 60.1 Å². The van der Waals surface area contributed by atoms with Gasteiger partial charge in [0.2, 0.25) is 5.69 Å². The summed E-state index contributed by atoms with van der Waals surface area (Å²) in [7, 11) is 0. The molecule has 0 amide bonds. The predicted octanol–water partition coefficient (Wildman–Crippen LogP) is 11.1. The number of fused-ring (bicyclic) bond motifs is 10. The SMILES string of the molecule is [C-]#[N+]c1ccc(-n2c3ccccc3c3cc4c5c(cccc5c32)-c2ccccc2-4)c(C#N)c1-n1c2ccccc2c2ccccc21. The molecular weight excluding hydrogens is 560 g/mol. The van der Waals surface area contributed by atoms with Crippen molar-refractivity contribution in [3.63, 3.8) is 0 Å². The van der Waals surface area contributed by atoms with Crippen LogP contribution >= 0.6 is 0 Å². The number of aromatic nitrogens is 2. The van der Waals surface area contributed by atoms with Gasteiger partial charge in [-0.2, -0.15) is 5.26 Å². The second-order valence-corrected chi connectivity index (χ2v) is 11.9. The van der Waals surface area contributed by atoms with E-state index in [4.69, 9.17) is 6.57 Å². The van der Waals surface area contributed by atoms with E-state index in [1.165, 1.54) is 27.6 Å². The molecule has 0 spiro atoms. The zero-order valence-electron chi connectivity index (χ0n) is 24.5. The van der Waals surface area contributed by atoms with E-state index < -0.39 is 0 Å². The number of para-hydroxylation sites is 3. The summed E-state index contributed by atoms with van der Waals surface area (Å²) in [6.45, 7) is 8.20. The van der Waals surface area contributed by atoms with Crippen molar-refractivity contribution in [1.82, 2.24) is 9.13 Å². The van der Waals surface area contributed by atoms with Gasteiger partial charge in [0.15, 0.2) is 0 Å². The first-order chi connectivity index (χ1) is 22.8. The van der Waals surface area contributed by atoms with E-state index in [-0.39, 0.29) is 0 Å². The third-order valence-electron chi connectivity index (χ3n) is 9.71.